The summed E-state index contributed by atoms with van der Waals surface area (Å²) in [5.74, 6) is 0. The van der Waals surface area contributed by atoms with E-state index in [4.69, 9.17) is 4.42 Å². The van der Waals surface area contributed by atoms with Crippen LogP contribution in [0.15, 0.2) is 95.4 Å². The van der Waals surface area contributed by atoms with Gasteiger partial charge in [-0.15, -0.1) is 11.3 Å². The molecule has 0 bridgehead atoms. The maximum Gasteiger partial charge on any atom is 0.346 e. The first-order chi connectivity index (χ1) is 23.6. The Morgan fingerprint density at radius 3 is 2.24 bits per heavy atom. The molecule has 49 heavy (non-hydrogen) atoms. The molecule has 3 aromatic heterocycles. The summed E-state index contributed by atoms with van der Waals surface area (Å²) in [6.45, 7) is 14.3. The number of hydrogen-bond acceptors (Lipinski definition) is 3. The molecule has 0 saturated carbocycles. The lowest BCUT2D eigenvalue weighted by atomic mass is 9.48. The summed E-state index contributed by atoms with van der Waals surface area (Å²) in [6, 6.07) is 34.4. The van der Waals surface area contributed by atoms with Crippen LogP contribution in [0, 0.1) is 13.8 Å². The van der Waals surface area contributed by atoms with Crippen LogP contribution < -0.4 is 15.1 Å². The first-order valence-corrected chi connectivity index (χ1v) is 18.5. The number of hydrogen-bond donors (Lipinski definition) is 0. The van der Waals surface area contributed by atoms with Crippen LogP contribution in [0.1, 0.15) is 62.8 Å². The number of aryl methyl sites for hydroxylation is 2. The highest BCUT2D eigenvalue weighted by Crippen LogP contribution is 2.53. The maximum absolute atomic E-state index is 6.86. The molecule has 5 heterocycles. The van der Waals surface area contributed by atoms with E-state index in [0.29, 0.717) is 0 Å². The van der Waals surface area contributed by atoms with Crippen molar-refractivity contribution in [1.29, 1.82) is 0 Å². The van der Waals surface area contributed by atoms with Gasteiger partial charge in [-0.2, -0.15) is 0 Å². The highest BCUT2D eigenvalue weighted by Gasteiger charge is 2.46. The second-order valence-electron chi connectivity index (χ2n) is 16.1. The van der Waals surface area contributed by atoms with Gasteiger partial charge in [-0.3, -0.25) is 0 Å². The lowest BCUT2D eigenvalue weighted by Gasteiger charge is -2.44. The van der Waals surface area contributed by atoms with E-state index in [1.165, 1.54) is 105 Å². The number of rotatable bonds is 1. The van der Waals surface area contributed by atoms with Crippen LogP contribution in [0.25, 0.3) is 54.2 Å². The molecule has 0 saturated heterocycles. The van der Waals surface area contributed by atoms with E-state index >= 15 is 0 Å². The standard InChI is InChI=1S/C44H37BN2OS/c1-24-20-30-26-14-11-15-29-37-27-12-7-9-16-35(27)48-42(37)47(39(26)29)45-38(30)34(21-24)46(40-28-13-8-10-17-36(28)49-41(40)45)33-23-32-31(22-25(33)2)43(3,4)18-19-44(32,5)6/h7-17,20-23H,18-19H2,1-6H3. The van der Waals surface area contributed by atoms with E-state index in [0.717, 1.165) is 11.3 Å². The molecule has 3 aliphatic rings. The van der Waals surface area contributed by atoms with Crippen molar-refractivity contribution in [2.45, 2.75) is 65.2 Å². The number of furan rings is 1. The minimum atomic E-state index is -0.00183. The summed E-state index contributed by atoms with van der Waals surface area (Å²) in [5, 5.41) is 4.99. The van der Waals surface area contributed by atoms with Crippen molar-refractivity contribution < 1.29 is 4.42 Å². The van der Waals surface area contributed by atoms with Gasteiger partial charge in [0.2, 0.25) is 0 Å². The molecule has 0 unspecified atom stereocenters. The van der Waals surface area contributed by atoms with E-state index < -0.39 is 0 Å². The van der Waals surface area contributed by atoms with E-state index in [2.05, 4.69) is 142 Å². The number of para-hydroxylation sites is 2. The molecule has 238 valence electrons. The lowest BCUT2D eigenvalue weighted by molar-refractivity contribution is 0.332. The average Bonchev–Trinajstić information content (AvgIpc) is 3.75. The maximum atomic E-state index is 6.86. The Labute approximate surface area is 290 Å². The Kier molecular flexibility index (Phi) is 5.21. The summed E-state index contributed by atoms with van der Waals surface area (Å²) in [7, 11) is 0. The summed E-state index contributed by atoms with van der Waals surface area (Å²) >= 11 is 1.95. The number of fused-ring (bicyclic) bond motifs is 12. The Hall–Kier alpha value is -4.74. The molecular weight excluding hydrogens is 615 g/mol. The number of benzene rings is 5. The molecule has 0 fully saturated rings. The monoisotopic (exact) mass is 652 g/mol. The number of anilines is 3. The molecule has 11 rings (SSSR count). The lowest BCUT2D eigenvalue weighted by Crippen LogP contribution is -2.55. The molecular formula is C44H37BN2OS. The van der Waals surface area contributed by atoms with E-state index in [1.807, 2.05) is 11.3 Å². The molecule has 0 N–H and O–H groups in total. The molecule has 8 aromatic rings. The topological polar surface area (TPSA) is 21.3 Å². The molecule has 0 radical (unpaired) electrons. The van der Waals surface area contributed by atoms with Crippen molar-refractivity contribution in [3.8, 4) is 11.1 Å². The molecule has 2 aliphatic heterocycles. The molecule has 3 nitrogen and oxygen atoms in total. The molecule has 0 spiro atoms. The van der Waals surface area contributed by atoms with Gasteiger partial charge in [-0.1, -0.05) is 94.4 Å². The average molecular weight is 653 g/mol. The molecule has 1 aliphatic carbocycles. The van der Waals surface area contributed by atoms with Crippen molar-refractivity contribution >= 4 is 88.5 Å². The smallest absolute Gasteiger partial charge is 0.346 e. The first-order valence-electron chi connectivity index (χ1n) is 17.7. The van der Waals surface area contributed by atoms with Gasteiger partial charge in [0.05, 0.1) is 11.1 Å². The van der Waals surface area contributed by atoms with E-state index in [-0.39, 0.29) is 17.7 Å². The largest absolute Gasteiger partial charge is 0.441 e. The minimum Gasteiger partial charge on any atom is -0.441 e. The molecule has 0 atom stereocenters. The van der Waals surface area contributed by atoms with Crippen LogP contribution in [-0.4, -0.2) is 11.3 Å². The van der Waals surface area contributed by atoms with Gasteiger partial charge in [0, 0.05) is 48.1 Å². The highest BCUT2D eigenvalue weighted by atomic mass is 32.1. The predicted molar refractivity (Wildman–Crippen MR) is 210 cm³/mol. The normalized spacial score (nSPS) is 16.9. The van der Waals surface area contributed by atoms with Gasteiger partial charge in [0.15, 0.2) is 5.71 Å². The third-order valence-corrected chi connectivity index (χ3v) is 13.4. The van der Waals surface area contributed by atoms with Gasteiger partial charge in [0.1, 0.15) is 5.58 Å². The fourth-order valence-corrected chi connectivity index (χ4v) is 11.0. The second-order valence-corrected chi connectivity index (χ2v) is 17.2. The number of nitrogens with zero attached hydrogens (tertiary/aromatic N) is 2. The summed E-state index contributed by atoms with van der Waals surface area (Å²) < 4.78 is 12.1. The predicted octanol–water partition coefficient (Wildman–Crippen LogP) is 11.1. The van der Waals surface area contributed by atoms with Crippen LogP contribution in [0.5, 0.6) is 0 Å². The Morgan fingerprint density at radius 2 is 1.43 bits per heavy atom. The van der Waals surface area contributed by atoms with Gasteiger partial charge in [0.25, 0.3) is 0 Å². The number of thiophene rings is 1. The fraction of sp³-hybridized carbons (Fsp3) is 0.227. The minimum absolute atomic E-state index is 0.00183. The quantitative estimate of drug-likeness (QED) is 0.165. The van der Waals surface area contributed by atoms with Crippen molar-refractivity contribution in [2.75, 3.05) is 4.90 Å². The third-order valence-electron chi connectivity index (χ3n) is 12.2. The SMILES string of the molecule is Cc1cc2c3c(c1)N(c1cc4c(cc1C)C(C)(C)CCC4(C)C)c1c(sc4ccccc14)B3n1c3oc4ccccc4c3c3cccc-2c31. The zero-order valence-electron chi connectivity index (χ0n) is 28.9. The summed E-state index contributed by atoms with van der Waals surface area (Å²) in [6.07, 6.45) is 2.40. The Balaban J connectivity index is 1.30. The first kappa shape index (κ1) is 28.1. The number of aromatic nitrogens is 1. The van der Waals surface area contributed by atoms with Crippen molar-refractivity contribution in [1.82, 2.24) is 4.48 Å². The Bertz CT molecular complexity index is 2770. The van der Waals surface area contributed by atoms with Crippen molar-refractivity contribution in [2.24, 2.45) is 0 Å². The zero-order valence-corrected chi connectivity index (χ0v) is 29.7. The van der Waals surface area contributed by atoms with Crippen molar-refractivity contribution in [3.05, 3.63) is 113 Å². The van der Waals surface area contributed by atoms with Gasteiger partial charge < -0.3 is 13.8 Å². The highest BCUT2D eigenvalue weighted by molar-refractivity contribution is 7.31. The van der Waals surface area contributed by atoms with E-state index in [1.54, 1.807) is 0 Å². The van der Waals surface area contributed by atoms with Gasteiger partial charge >= 0.3 is 6.85 Å². The van der Waals surface area contributed by atoms with Crippen LogP contribution in [0.3, 0.4) is 0 Å². The van der Waals surface area contributed by atoms with Crippen LogP contribution >= 0.6 is 11.3 Å². The fourth-order valence-electron chi connectivity index (χ4n) is 9.67. The Morgan fingerprint density at radius 1 is 0.714 bits per heavy atom. The van der Waals surface area contributed by atoms with Gasteiger partial charge in [-0.05, 0) is 95.1 Å². The van der Waals surface area contributed by atoms with Gasteiger partial charge in [-0.25, -0.2) is 0 Å². The van der Waals surface area contributed by atoms with Crippen LogP contribution in [-0.2, 0) is 10.8 Å². The van der Waals surface area contributed by atoms with Crippen LogP contribution in [0.2, 0.25) is 0 Å². The van der Waals surface area contributed by atoms with E-state index in [9.17, 15) is 0 Å². The summed E-state index contributed by atoms with van der Waals surface area (Å²) in [5.41, 5.74) is 17.0. The second kappa shape index (κ2) is 9.08. The summed E-state index contributed by atoms with van der Waals surface area (Å²) in [4.78, 5) is 2.65. The molecule has 0 amide bonds. The van der Waals surface area contributed by atoms with Crippen molar-refractivity contribution in [3.63, 3.8) is 0 Å². The zero-order chi connectivity index (χ0) is 33.1. The van der Waals surface area contributed by atoms with Crippen LogP contribution in [0.4, 0.5) is 17.1 Å². The molecule has 5 aromatic carbocycles. The molecule has 5 heteroatoms. The third kappa shape index (κ3) is 3.44.